The maximum absolute atomic E-state index is 13.3. The minimum atomic E-state index is -0.468. The molecule has 0 bridgehead atoms. The van der Waals surface area contributed by atoms with Crippen LogP contribution in [0.4, 0.5) is 15.9 Å². The molecule has 0 spiro atoms. The van der Waals surface area contributed by atoms with Crippen molar-refractivity contribution in [2.45, 2.75) is 6.42 Å². The Morgan fingerprint density at radius 1 is 1.12 bits per heavy atom. The maximum Gasteiger partial charge on any atom is 0.141 e. The average molecular weight is 366 g/mol. The van der Waals surface area contributed by atoms with Gasteiger partial charge in [0.2, 0.25) is 0 Å². The zero-order valence-electron chi connectivity index (χ0n) is 12.6. The van der Waals surface area contributed by atoms with E-state index in [0.29, 0.717) is 29.7 Å². The number of alkyl halides is 1. The van der Waals surface area contributed by atoms with Crippen molar-refractivity contribution >= 4 is 45.6 Å². The molecule has 0 amide bonds. The Morgan fingerprint density at radius 2 is 2.00 bits per heavy atom. The summed E-state index contributed by atoms with van der Waals surface area (Å²) in [6.45, 7) is 0.541. The van der Waals surface area contributed by atoms with Crippen molar-refractivity contribution in [2.75, 3.05) is 17.8 Å². The van der Waals surface area contributed by atoms with Crippen molar-refractivity contribution in [3.63, 3.8) is 0 Å². The molecule has 4 nitrogen and oxygen atoms in total. The number of ether oxygens (including phenoxy) is 1. The first kappa shape index (κ1) is 16.7. The van der Waals surface area contributed by atoms with Crippen molar-refractivity contribution in [3.8, 4) is 5.75 Å². The predicted octanol–water partition coefficient (Wildman–Crippen LogP) is 5.17. The van der Waals surface area contributed by atoms with Crippen LogP contribution in [0.5, 0.6) is 5.75 Å². The fourth-order valence-electron chi connectivity index (χ4n) is 2.18. The van der Waals surface area contributed by atoms with Crippen LogP contribution in [0.3, 0.4) is 0 Å². The molecule has 0 aliphatic rings. The molecule has 1 aromatic heterocycles. The molecule has 0 aliphatic heterocycles. The Morgan fingerprint density at radius 3 is 2.79 bits per heavy atom. The molecule has 124 valence electrons. The van der Waals surface area contributed by atoms with Crippen molar-refractivity contribution in [2.24, 2.45) is 0 Å². The van der Waals surface area contributed by atoms with Crippen LogP contribution in [-0.2, 0) is 0 Å². The normalized spacial score (nSPS) is 10.8. The summed E-state index contributed by atoms with van der Waals surface area (Å²) in [6, 6.07) is 9.96. The molecule has 0 saturated carbocycles. The molecule has 3 rings (SSSR count). The second kappa shape index (κ2) is 7.64. The van der Waals surface area contributed by atoms with Gasteiger partial charge >= 0.3 is 0 Å². The quantitative estimate of drug-likeness (QED) is 0.483. The van der Waals surface area contributed by atoms with Crippen molar-refractivity contribution < 1.29 is 9.13 Å². The first-order valence-electron chi connectivity index (χ1n) is 7.33. The second-order valence-electron chi connectivity index (χ2n) is 5.05. The van der Waals surface area contributed by atoms with Crippen LogP contribution in [0, 0.1) is 5.82 Å². The molecular formula is C17H14Cl2FN3O. The standard InChI is InChI=1S/C17H14Cl2FN3O/c18-6-1-7-24-12-3-5-16-13(9-12)17(22-10-21-16)23-11-2-4-15(20)14(19)8-11/h2-5,8-10H,1,6-7H2,(H,21,22,23). The molecule has 24 heavy (non-hydrogen) atoms. The number of benzene rings is 2. The van der Waals surface area contributed by atoms with Crippen LogP contribution >= 0.6 is 23.2 Å². The third kappa shape index (κ3) is 3.86. The number of hydrogen-bond donors (Lipinski definition) is 1. The van der Waals surface area contributed by atoms with Crippen molar-refractivity contribution in [1.82, 2.24) is 9.97 Å². The maximum atomic E-state index is 13.3. The van der Waals surface area contributed by atoms with E-state index >= 15 is 0 Å². The Hall–Kier alpha value is -2.11. The molecule has 0 fully saturated rings. The molecule has 3 aromatic rings. The van der Waals surface area contributed by atoms with Crippen LogP contribution in [0.15, 0.2) is 42.7 Å². The van der Waals surface area contributed by atoms with E-state index < -0.39 is 5.82 Å². The largest absolute Gasteiger partial charge is 0.494 e. The molecular weight excluding hydrogens is 352 g/mol. The Kier molecular flexibility index (Phi) is 5.33. The van der Waals surface area contributed by atoms with E-state index in [1.165, 1.54) is 18.5 Å². The number of nitrogens with zero attached hydrogens (tertiary/aromatic N) is 2. The lowest BCUT2D eigenvalue weighted by Gasteiger charge is -2.11. The van der Waals surface area contributed by atoms with Gasteiger partial charge in [-0.05, 0) is 42.8 Å². The zero-order chi connectivity index (χ0) is 16.9. The first-order chi connectivity index (χ1) is 11.7. The van der Waals surface area contributed by atoms with E-state index in [9.17, 15) is 4.39 Å². The van der Waals surface area contributed by atoms with Crippen LogP contribution in [0.25, 0.3) is 10.9 Å². The van der Waals surface area contributed by atoms with Crippen LogP contribution < -0.4 is 10.1 Å². The summed E-state index contributed by atoms with van der Waals surface area (Å²) in [5, 5.41) is 3.97. The van der Waals surface area contributed by atoms with Gasteiger partial charge in [-0.15, -0.1) is 11.6 Å². The summed E-state index contributed by atoms with van der Waals surface area (Å²) in [5.41, 5.74) is 1.40. The number of fused-ring (bicyclic) bond motifs is 1. The summed E-state index contributed by atoms with van der Waals surface area (Å²) in [7, 11) is 0. The average Bonchev–Trinajstić information content (AvgIpc) is 2.59. The van der Waals surface area contributed by atoms with Gasteiger partial charge in [-0.25, -0.2) is 14.4 Å². The number of nitrogens with one attached hydrogen (secondary N) is 1. The zero-order valence-corrected chi connectivity index (χ0v) is 14.1. The first-order valence-corrected chi connectivity index (χ1v) is 8.24. The monoisotopic (exact) mass is 365 g/mol. The van der Waals surface area contributed by atoms with E-state index in [2.05, 4.69) is 15.3 Å². The summed E-state index contributed by atoms with van der Waals surface area (Å²) < 4.78 is 18.9. The highest BCUT2D eigenvalue weighted by molar-refractivity contribution is 6.31. The van der Waals surface area contributed by atoms with Gasteiger partial charge in [-0.3, -0.25) is 0 Å². The van der Waals surface area contributed by atoms with E-state index in [1.54, 1.807) is 6.07 Å². The molecule has 2 aromatic carbocycles. The fraction of sp³-hybridized carbons (Fsp3) is 0.176. The summed E-state index contributed by atoms with van der Waals surface area (Å²) in [5.74, 6) is 1.38. The number of aromatic nitrogens is 2. The minimum Gasteiger partial charge on any atom is -0.494 e. The van der Waals surface area contributed by atoms with Gasteiger partial charge < -0.3 is 10.1 Å². The molecule has 7 heteroatoms. The van der Waals surface area contributed by atoms with Crippen LogP contribution in [0.1, 0.15) is 6.42 Å². The van der Waals surface area contributed by atoms with Crippen molar-refractivity contribution in [1.29, 1.82) is 0 Å². The SMILES string of the molecule is Fc1ccc(Nc2ncnc3ccc(OCCCCl)cc23)cc1Cl. The van der Waals surface area contributed by atoms with Gasteiger partial charge in [0, 0.05) is 17.0 Å². The predicted molar refractivity (Wildman–Crippen MR) is 95.1 cm³/mol. The van der Waals surface area contributed by atoms with Gasteiger partial charge in [0.15, 0.2) is 0 Å². The molecule has 0 unspecified atom stereocenters. The number of anilines is 2. The van der Waals surface area contributed by atoms with Gasteiger partial charge in [0.25, 0.3) is 0 Å². The van der Waals surface area contributed by atoms with E-state index in [-0.39, 0.29) is 5.02 Å². The third-order valence-corrected chi connectivity index (χ3v) is 3.89. The second-order valence-corrected chi connectivity index (χ2v) is 5.83. The number of rotatable bonds is 6. The lowest BCUT2D eigenvalue weighted by molar-refractivity contribution is 0.319. The van der Waals surface area contributed by atoms with Gasteiger partial charge in [-0.2, -0.15) is 0 Å². The van der Waals surface area contributed by atoms with Crippen LogP contribution in [0.2, 0.25) is 5.02 Å². The van der Waals surface area contributed by atoms with E-state index in [0.717, 1.165) is 17.3 Å². The van der Waals surface area contributed by atoms with E-state index in [4.69, 9.17) is 27.9 Å². The molecule has 0 radical (unpaired) electrons. The Bertz CT molecular complexity index is 860. The van der Waals surface area contributed by atoms with Gasteiger partial charge in [-0.1, -0.05) is 11.6 Å². The molecule has 0 saturated heterocycles. The highest BCUT2D eigenvalue weighted by atomic mass is 35.5. The number of hydrogen-bond acceptors (Lipinski definition) is 4. The highest BCUT2D eigenvalue weighted by Crippen LogP contribution is 2.28. The lowest BCUT2D eigenvalue weighted by Crippen LogP contribution is -1.99. The summed E-state index contributed by atoms with van der Waals surface area (Å²) in [6.07, 6.45) is 2.23. The topological polar surface area (TPSA) is 47.0 Å². The molecule has 1 N–H and O–H groups in total. The lowest BCUT2D eigenvalue weighted by atomic mass is 10.2. The highest BCUT2D eigenvalue weighted by Gasteiger charge is 2.08. The smallest absolute Gasteiger partial charge is 0.141 e. The third-order valence-electron chi connectivity index (χ3n) is 3.34. The summed E-state index contributed by atoms with van der Waals surface area (Å²) >= 11 is 11.5. The molecule has 0 aliphatic carbocycles. The fourth-order valence-corrected chi connectivity index (χ4v) is 2.47. The van der Waals surface area contributed by atoms with Crippen molar-refractivity contribution in [3.05, 3.63) is 53.6 Å². The molecule has 0 atom stereocenters. The Labute approximate surface area is 148 Å². The van der Waals surface area contributed by atoms with Gasteiger partial charge in [0.1, 0.15) is 23.7 Å². The summed E-state index contributed by atoms with van der Waals surface area (Å²) in [4.78, 5) is 8.49. The van der Waals surface area contributed by atoms with Gasteiger partial charge in [0.05, 0.1) is 17.1 Å². The van der Waals surface area contributed by atoms with E-state index in [1.807, 2.05) is 18.2 Å². The number of halogens is 3. The Balaban J connectivity index is 1.91. The molecule has 1 heterocycles. The minimum absolute atomic E-state index is 0.0449. The van der Waals surface area contributed by atoms with Crippen LogP contribution in [-0.4, -0.2) is 22.5 Å².